The Kier molecular flexibility index (Phi) is 6.94. The zero-order valence-corrected chi connectivity index (χ0v) is 12.0. The second-order valence-electron chi connectivity index (χ2n) is 4.95. The van der Waals surface area contributed by atoms with Gasteiger partial charge >= 0.3 is 0 Å². The number of nitrogens with two attached hydrogens (primary N) is 1. The van der Waals surface area contributed by atoms with Crippen molar-refractivity contribution in [3.63, 3.8) is 0 Å². The minimum atomic E-state index is 0. The van der Waals surface area contributed by atoms with Gasteiger partial charge in [0.15, 0.2) is 0 Å². The highest BCUT2D eigenvalue weighted by Gasteiger charge is 2.36. The standard InChI is InChI=1S/C16H21NO.ClH/c17-12-15-11-16(15)14-8-5-7-13(10-14)6-3-1-2-4-9-18;/h5,7-8,10,15-16,18H,1-2,4,9,11-12,17H2;1H/t15-,16-;/m1./s1. The van der Waals surface area contributed by atoms with Gasteiger partial charge in [0.1, 0.15) is 0 Å². The van der Waals surface area contributed by atoms with E-state index in [0.717, 1.165) is 31.4 Å². The van der Waals surface area contributed by atoms with Crippen LogP contribution in [0.4, 0.5) is 0 Å². The summed E-state index contributed by atoms with van der Waals surface area (Å²) in [5, 5.41) is 8.68. The number of benzene rings is 1. The van der Waals surface area contributed by atoms with Crippen LogP contribution in [0.15, 0.2) is 24.3 Å². The van der Waals surface area contributed by atoms with E-state index in [1.165, 1.54) is 12.0 Å². The number of rotatable bonds is 5. The Morgan fingerprint density at radius 2 is 2.16 bits per heavy atom. The van der Waals surface area contributed by atoms with Crippen molar-refractivity contribution in [2.45, 2.75) is 31.6 Å². The second kappa shape index (κ2) is 8.22. The molecular formula is C16H22ClNO. The van der Waals surface area contributed by atoms with Crippen molar-refractivity contribution in [1.29, 1.82) is 0 Å². The van der Waals surface area contributed by atoms with E-state index in [1.807, 2.05) is 0 Å². The Balaban J connectivity index is 0.00000180. The van der Waals surface area contributed by atoms with Crippen LogP contribution >= 0.6 is 12.4 Å². The van der Waals surface area contributed by atoms with Crippen LogP contribution in [0.1, 0.15) is 42.7 Å². The van der Waals surface area contributed by atoms with Crippen molar-refractivity contribution < 1.29 is 5.11 Å². The van der Waals surface area contributed by atoms with E-state index in [-0.39, 0.29) is 19.0 Å². The lowest BCUT2D eigenvalue weighted by molar-refractivity contribution is 0.285. The largest absolute Gasteiger partial charge is 0.396 e. The smallest absolute Gasteiger partial charge is 0.0431 e. The van der Waals surface area contributed by atoms with E-state index in [9.17, 15) is 0 Å². The van der Waals surface area contributed by atoms with Crippen molar-refractivity contribution in [1.82, 2.24) is 0 Å². The average Bonchev–Trinajstić information content (AvgIpc) is 3.18. The fourth-order valence-corrected chi connectivity index (χ4v) is 2.25. The molecule has 0 amide bonds. The third kappa shape index (κ3) is 4.87. The molecule has 1 fully saturated rings. The molecule has 0 aliphatic heterocycles. The Bertz CT molecular complexity index is 450. The first-order chi connectivity index (χ1) is 8.85. The molecule has 0 radical (unpaired) electrons. The van der Waals surface area contributed by atoms with Crippen LogP contribution in [-0.4, -0.2) is 18.3 Å². The number of hydrogen-bond acceptors (Lipinski definition) is 2. The van der Waals surface area contributed by atoms with E-state index in [1.54, 1.807) is 0 Å². The van der Waals surface area contributed by atoms with E-state index in [0.29, 0.717) is 11.8 Å². The lowest BCUT2D eigenvalue weighted by Gasteiger charge is -2.00. The van der Waals surface area contributed by atoms with Crippen LogP contribution in [0.5, 0.6) is 0 Å². The fraction of sp³-hybridized carbons (Fsp3) is 0.500. The Morgan fingerprint density at radius 1 is 1.32 bits per heavy atom. The minimum absolute atomic E-state index is 0. The number of hydrogen-bond donors (Lipinski definition) is 2. The first-order valence-corrected chi connectivity index (χ1v) is 6.75. The van der Waals surface area contributed by atoms with Crippen LogP contribution in [0, 0.1) is 17.8 Å². The van der Waals surface area contributed by atoms with E-state index >= 15 is 0 Å². The van der Waals surface area contributed by atoms with Gasteiger partial charge in [-0.15, -0.1) is 12.4 Å². The molecule has 0 saturated heterocycles. The van der Waals surface area contributed by atoms with E-state index in [2.05, 4.69) is 36.1 Å². The molecule has 0 heterocycles. The summed E-state index contributed by atoms with van der Waals surface area (Å²) in [7, 11) is 0. The summed E-state index contributed by atoms with van der Waals surface area (Å²) < 4.78 is 0. The quantitative estimate of drug-likeness (QED) is 0.643. The molecule has 1 aliphatic carbocycles. The minimum Gasteiger partial charge on any atom is -0.396 e. The van der Waals surface area contributed by atoms with Gasteiger partial charge in [-0.05, 0) is 55.3 Å². The van der Waals surface area contributed by atoms with Crippen molar-refractivity contribution in [2.75, 3.05) is 13.2 Å². The van der Waals surface area contributed by atoms with Gasteiger partial charge in [-0.3, -0.25) is 0 Å². The van der Waals surface area contributed by atoms with Crippen LogP contribution in [0.3, 0.4) is 0 Å². The molecular weight excluding hydrogens is 258 g/mol. The molecule has 2 nitrogen and oxygen atoms in total. The van der Waals surface area contributed by atoms with Crippen LogP contribution < -0.4 is 5.73 Å². The predicted octanol–water partition coefficient (Wildman–Crippen LogP) is 2.68. The summed E-state index contributed by atoms with van der Waals surface area (Å²) in [6.45, 7) is 1.06. The maximum absolute atomic E-state index is 8.68. The number of unbranched alkanes of at least 4 members (excludes halogenated alkanes) is 2. The van der Waals surface area contributed by atoms with Crippen LogP contribution in [0.25, 0.3) is 0 Å². The Hall–Kier alpha value is -1.01. The molecule has 2 atom stereocenters. The number of aliphatic hydroxyl groups is 1. The summed E-state index contributed by atoms with van der Waals surface area (Å²) in [6.07, 6.45) is 3.90. The molecule has 0 bridgehead atoms. The van der Waals surface area contributed by atoms with E-state index < -0.39 is 0 Å². The van der Waals surface area contributed by atoms with Crippen LogP contribution in [0.2, 0.25) is 0 Å². The lowest BCUT2D eigenvalue weighted by Crippen LogP contribution is -2.01. The third-order valence-electron chi connectivity index (χ3n) is 3.48. The van der Waals surface area contributed by atoms with Crippen molar-refractivity contribution in [2.24, 2.45) is 11.7 Å². The highest BCUT2D eigenvalue weighted by molar-refractivity contribution is 5.85. The summed E-state index contributed by atoms with van der Waals surface area (Å²) in [5.41, 5.74) is 8.16. The first-order valence-electron chi connectivity index (χ1n) is 6.75. The topological polar surface area (TPSA) is 46.2 Å². The number of aliphatic hydroxyl groups excluding tert-OH is 1. The van der Waals surface area contributed by atoms with E-state index in [4.69, 9.17) is 10.8 Å². The molecule has 3 heteroatoms. The second-order valence-corrected chi connectivity index (χ2v) is 4.95. The molecule has 0 spiro atoms. The molecule has 2 rings (SSSR count). The molecule has 0 aromatic heterocycles. The zero-order chi connectivity index (χ0) is 12.8. The van der Waals surface area contributed by atoms with Gasteiger partial charge in [0.2, 0.25) is 0 Å². The van der Waals surface area contributed by atoms with Crippen molar-refractivity contribution in [3.8, 4) is 11.8 Å². The van der Waals surface area contributed by atoms with Gasteiger partial charge in [-0.2, -0.15) is 0 Å². The maximum Gasteiger partial charge on any atom is 0.0431 e. The molecule has 1 saturated carbocycles. The first kappa shape index (κ1) is 16.0. The Morgan fingerprint density at radius 3 is 2.84 bits per heavy atom. The zero-order valence-electron chi connectivity index (χ0n) is 11.1. The van der Waals surface area contributed by atoms with Gasteiger partial charge in [0.25, 0.3) is 0 Å². The molecule has 1 aliphatic rings. The average molecular weight is 280 g/mol. The summed E-state index contributed by atoms with van der Waals surface area (Å²) in [4.78, 5) is 0. The van der Waals surface area contributed by atoms with Gasteiger partial charge in [0, 0.05) is 18.6 Å². The molecule has 104 valence electrons. The molecule has 1 aromatic carbocycles. The summed E-state index contributed by atoms with van der Waals surface area (Å²) >= 11 is 0. The summed E-state index contributed by atoms with van der Waals surface area (Å²) in [6, 6.07) is 8.51. The van der Waals surface area contributed by atoms with Gasteiger partial charge in [-0.1, -0.05) is 24.0 Å². The van der Waals surface area contributed by atoms with Crippen molar-refractivity contribution >= 4 is 12.4 Å². The predicted molar refractivity (Wildman–Crippen MR) is 81.4 cm³/mol. The fourth-order valence-electron chi connectivity index (χ4n) is 2.25. The number of halogens is 1. The highest BCUT2D eigenvalue weighted by Crippen LogP contribution is 2.46. The van der Waals surface area contributed by atoms with Gasteiger partial charge in [0.05, 0.1) is 0 Å². The van der Waals surface area contributed by atoms with Gasteiger partial charge < -0.3 is 10.8 Å². The highest BCUT2D eigenvalue weighted by atomic mass is 35.5. The molecule has 0 unspecified atom stereocenters. The molecule has 19 heavy (non-hydrogen) atoms. The monoisotopic (exact) mass is 279 g/mol. The SMILES string of the molecule is Cl.NC[C@H]1C[C@@H]1c1cccc(C#CCCCCO)c1. The molecule has 1 aromatic rings. The Labute approximate surface area is 121 Å². The normalized spacial score (nSPS) is 20.1. The molecule has 3 N–H and O–H groups in total. The third-order valence-corrected chi connectivity index (χ3v) is 3.48. The lowest BCUT2D eigenvalue weighted by atomic mass is 10.1. The van der Waals surface area contributed by atoms with Crippen LogP contribution in [-0.2, 0) is 0 Å². The van der Waals surface area contributed by atoms with Crippen molar-refractivity contribution in [3.05, 3.63) is 35.4 Å². The maximum atomic E-state index is 8.68. The van der Waals surface area contributed by atoms with Gasteiger partial charge in [-0.25, -0.2) is 0 Å². The summed E-state index contributed by atoms with van der Waals surface area (Å²) in [5.74, 6) is 7.70.